The summed E-state index contributed by atoms with van der Waals surface area (Å²) in [5, 5.41) is 0. The predicted molar refractivity (Wildman–Crippen MR) is 50.3 cm³/mol. The fourth-order valence-corrected chi connectivity index (χ4v) is 0.312. The van der Waals surface area contributed by atoms with Crippen molar-refractivity contribution in [2.75, 3.05) is 6.61 Å². The third-order valence-corrected chi connectivity index (χ3v) is 1.01. The Balaban J connectivity index is 0. The van der Waals surface area contributed by atoms with Crippen molar-refractivity contribution in [1.29, 1.82) is 0 Å². The molecule has 0 bridgehead atoms. The molecule has 0 aliphatic rings. The monoisotopic (exact) mass is 328 g/mol. The van der Waals surface area contributed by atoms with Crippen molar-refractivity contribution in [1.82, 2.24) is 0 Å². The number of carbonyl (C=O) groups excluding carboxylic acids is 1. The molecule has 0 saturated heterocycles. The number of ether oxygens (including phenoxy) is 1. The zero-order valence-electron chi connectivity index (χ0n) is 6.75. The summed E-state index contributed by atoms with van der Waals surface area (Å²) in [5.74, 6) is -0.731. The molecule has 4 heteroatoms. The minimum absolute atomic E-state index is 0.0752. The normalized spacial score (nSPS) is 9.92. The number of carbonyl (C=O) groups is 1. The zero-order chi connectivity index (χ0) is 10.2. The second-order valence-electron chi connectivity index (χ2n) is 1.89. The van der Waals surface area contributed by atoms with Crippen molar-refractivity contribution in [2.45, 2.75) is 6.42 Å². The summed E-state index contributed by atoms with van der Waals surface area (Å²) < 4.78 is 4.35. The van der Waals surface area contributed by atoms with Crippen LogP contribution in [-0.4, -0.2) is 12.6 Å². The Morgan fingerprint density at radius 2 is 2.00 bits per heavy atom. The molecule has 0 aliphatic carbocycles. The minimum atomic E-state index is -1.50. The van der Waals surface area contributed by atoms with Crippen LogP contribution in [0.1, 0.15) is 6.42 Å². The van der Waals surface area contributed by atoms with Gasteiger partial charge < -0.3 is 11.7 Å². The molecule has 0 saturated carbocycles. The Morgan fingerprint density at radius 1 is 1.58 bits per heavy atom. The van der Waals surface area contributed by atoms with E-state index in [-0.39, 0.29) is 13.0 Å². The molecule has 62 valence electrons. The predicted octanol–water partition coefficient (Wildman–Crippen LogP) is 1.76. The van der Waals surface area contributed by atoms with Crippen molar-refractivity contribution in [2.24, 2.45) is 5.41 Å². The van der Waals surface area contributed by atoms with E-state index in [0.717, 1.165) is 0 Å². The van der Waals surface area contributed by atoms with E-state index in [1.165, 1.54) is 14.8 Å². The average molecular weight is 329 g/mol. The molecule has 12 heavy (non-hydrogen) atoms. The first-order valence-electron chi connectivity index (χ1n) is 3.05. The average Bonchev–Trinajstić information content (AvgIpc) is 2.08. The van der Waals surface area contributed by atoms with Gasteiger partial charge in [-0.3, -0.25) is 4.79 Å². The Morgan fingerprint density at radius 3 is 2.25 bits per heavy atom. The van der Waals surface area contributed by atoms with Gasteiger partial charge in [0.15, 0.2) is 0 Å². The van der Waals surface area contributed by atoms with Crippen LogP contribution in [0.2, 0.25) is 0 Å². The molecular weight excluding hydrogens is 320 g/mol. The van der Waals surface area contributed by atoms with Gasteiger partial charge in [-0.05, 0) is 13.8 Å². The summed E-state index contributed by atoms with van der Waals surface area (Å²) in [4.78, 5) is 10.7. The van der Waals surface area contributed by atoms with Gasteiger partial charge in [0.25, 0.3) is 0 Å². The molecule has 0 fully saturated rings. The van der Waals surface area contributed by atoms with Crippen LogP contribution in [0.5, 0.6) is 0 Å². The molecule has 0 aromatic heterocycles. The molecule has 0 aromatic carbocycles. The van der Waals surface area contributed by atoms with Gasteiger partial charge in [0.2, 0.25) is 0 Å². The van der Waals surface area contributed by atoms with Gasteiger partial charge in [0, 0.05) is 12.3 Å². The van der Waals surface area contributed by atoms with Gasteiger partial charge in [-0.2, -0.15) is 6.42 Å². The summed E-state index contributed by atoms with van der Waals surface area (Å²) in [6.07, 6.45) is 0.0752. The molecule has 0 atom stereocenters. The maximum absolute atomic E-state index is 10.7. The van der Waals surface area contributed by atoms with Crippen LogP contribution in [0.15, 0.2) is 0 Å². The van der Waals surface area contributed by atoms with Gasteiger partial charge in [0.05, 0.1) is 6.61 Å². The summed E-state index contributed by atoms with van der Waals surface area (Å²) >= 11 is 3.62. The maximum atomic E-state index is 10.7. The SMILES string of the molecule is [CH]COC(=O)C([CH])([CH])C[CH2-].[Zn+][I]. The summed E-state index contributed by atoms with van der Waals surface area (Å²) in [7, 11) is 0. The topological polar surface area (TPSA) is 26.3 Å². The standard InChI is InChI=1S/C8H9O2.HI.Zn/c1-5-8(3,4)7(9)10-6-2;;/h2-4H,1,5-6H2;1H;/q-1;;+2/p-1. The van der Waals surface area contributed by atoms with Crippen molar-refractivity contribution in [3.63, 3.8) is 0 Å². The third kappa shape index (κ3) is 6.35. The molecule has 0 spiro atoms. The van der Waals surface area contributed by atoms with Crippen LogP contribution in [0.3, 0.4) is 0 Å². The molecule has 2 nitrogen and oxygen atoms in total. The molecule has 0 N–H and O–H groups in total. The van der Waals surface area contributed by atoms with E-state index >= 15 is 0 Å². The summed E-state index contributed by atoms with van der Waals surface area (Å²) in [6.45, 7) is 18.5. The van der Waals surface area contributed by atoms with Crippen molar-refractivity contribution in [3.05, 3.63) is 27.7 Å². The summed E-state index contributed by atoms with van der Waals surface area (Å²) in [6, 6.07) is 0. The van der Waals surface area contributed by atoms with Crippen LogP contribution >= 0.6 is 19.8 Å². The Kier molecular flexibility index (Phi) is 10.7. The van der Waals surface area contributed by atoms with Crippen LogP contribution in [0.25, 0.3) is 0 Å². The molecule has 0 rings (SSSR count). The molecular formula is C8H9IO2Zn. The Bertz CT molecular complexity index is 126. The second-order valence-corrected chi connectivity index (χ2v) is 1.89. The van der Waals surface area contributed by atoms with Gasteiger partial charge in [-0.25, -0.2) is 0 Å². The van der Waals surface area contributed by atoms with Crippen LogP contribution in [-0.2, 0) is 24.3 Å². The van der Waals surface area contributed by atoms with Gasteiger partial charge in [-0.15, -0.1) is 0 Å². The zero-order valence-corrected chi connectivity index (χ0v) is 11.9. The van der Waals surface area contributed by atoms with E-state index in [1.807, 2.05) is 0 Å². The van der Waals surface area contributed by atoms with Crippen molar-refractivity contribution >= 4 is 25.7 Å². The molecule has 0 aromatic rings. The third-order valence-electron chi connectivity index (χ3n) is 1.01. The molecule has 0 aliphatic heterocycles. The Labute approximate surface area is 95.7 Å². The number of hydrogen-bond acceptors (Lipinski definition) is 2. The van der Waals surface area contributed by atoms with E-state index in [1.54, 1.807) is 0 Å². The van der Waals surface area contributed by atoms with E-state index in [9.17, 15) is 4.79 Å². The fraction of sp³-hybridized carbons (Fsp3) is 0.375. The Hall–Kier alpha value is 0.823. The molecule has 0 amide bonds. The first-order chi connectivity index (χ1) is 5.54. The van der Waals surface area contributed by atoms with Crippen LogP contribution in [0.4, 0.5) is 0 Å². The first-order valence-corrected chi connectivity index (χ1v) is 12.1. The van der Waals surface area contributed by atoms with Crippen molar-refractivity contribution in [3.8, 4) is 0 Å². The second kappa shape index (κ2) is 8.42. The van der Waals surface area contributed by atoms with Gasteiger partial charge in [0.1, 0.15) is 0 Å². The van der Waals surface area contributed by atoms with Crippen LogP contribution in [0, 0.1) is 33.1 Å². The molecule has 0 unspecified atom stereocenters. The van der Waals surface area contributed by atoms with Crippen LogP contribution < -0.4 is 0 Å². The van der Waals surface area contributed by atoms with E-state index in [0.29, 0.717) is 0 Å². The van der Waals surface area contributed by atoms with E-state index in [4.69, 9.17) is 20.8 Å². The number of rotatable bonds is 3. The van der Waals surface area contributed by atoms with E-state index in [2.05, 4.69) is 31.4 Å². The van der Waals surface area contributed by atoms with Crippen molar-refractivity contribution < 1.29 is 24.3 Å². The number of esters is 1. The number of halogens is 1. The van der Waals surface area contributed by atoms with E-state index < -0.39 is 11.4 Å². The van der Waals surface area contributed by atoms with Gasteiger partial charge in [-0.1, -0.05) is 0 Å². The molecule has 0 heterocycles. The summed E-state index contributed by atoms with van der Waals surface area (Å²) in [5.41, 5.74) is -1.50. The quantitative estimate of drug-likeness (QED) is 0.341. The molecule has 6 radical (unpaired) electrons. The fourth-order valence-electron chi connectivity index (χ4n) is 0.312. The van der Waals surface area contributed by atoms with Gasteiger partial charge >= 0.3 is 40.5 Å². The first kappa shape index (κ1) is 15.3. The number of hydrogen-bond donors (Lipinski definition) is 0.